The van der Waals surface area contributed by atoms with Gasteiger partial charge < -0.3 is 10.2 Å². The number of hydrogen-bond acceptors (Lipinski definition) is 3. The SMILES string of the molecule is Cc1c(-c2ccoc2)ccnc1N. The maximum atomic E-state index is 5.69. The molecule has 2 aromatic rings. The molecule has 0 saturated heterocycles. The van der Waals surface area contributed by atoms with E-state index in [9.17, 15) is 0 Å². The Labute approximate surface area is 76.2 Å². The number of hydrogen-bond donors (Lipinski definition) is 1. The lowest BCUT2D eigenvalue weighted by Crippen LogP contribution is -1.94. The van der Waals surface area contributed by atoms with Gasteiger partial charge in [-0.3, -0.25) is 0 Å². The summed E-state index contributed by atoms with van der Waals surface area (Å²) in [6.45, 7) is 1.95. The van der Waals surface area contributed by atoms with E-state index in [1.165, 1.54) is 0 Å². The maximum Gasteiger partial charge on any atom is 0.126 e. The summed E-state index contributed by atoms with van der Waals surface area (Å²) < 4.78 is 5.00. The van der Waals surface area contributed by atoms with Crippen molar-refractivity contribution in [3.8, 4) is 11.1 Å². The standard InChI is InChI=1S/C10H10N2O/c1-7-9(2-4-12-10(7)11)8-3-5-13-6-8/h2-6H,1H3,(H2,11,12). The van der Waals surface area contributed by atoms with Crippen LogP contribution in [0, 0.1) is 6.92 Å². The number of nitrogens with two attached hydrogens (primary N) is 1. The fraction of sp³-hybridized carbons (Fsp3) is 0.100. The highest BCUT2D eigenvalue weighted by molar-refractivity contribution is 5.69. The minimum absolute atomic E-state index is 0.568. The molecular weight excluding hydrogens is 164 g/mol. The van der Waals surface area contributed by atoms with Crippen LogP contribution in [-0.2, 0) is 0 Å². The van der Waals surface area contributed by atoms with Gasteiger partial charge in [-0.1, -0.05) is 0 Å². The van der Waals surface area contributed by atoms with Crippen molar-refractivity contribution in [2.45, 2.75) is 6.92 Å². The van der Waals surface area contributed by atoms with Crippen LogP contribution in [0.1, 0.15) is 5.56 Å². The summed E-state index contributed by atoms with van der Waals surface area (Å²) in [6.07, 6.45) is 5.04. The first-order valence-electron chi connectivity index (χ1n) is 4.02. The Morgan fingerprint density at radius 1 is 1.38 bits per heavy atom. The number of rotatable bonds is 1. The first kappa shape index (κ1) is 7.86. The number of furan rings is 1. The average molecular weight is 174 g/mol. The fourth-order valence-electron chi connectivity index (χ4n) is 1.28. The van der Waals surface area contributed by atoms with Gasteiger partial charge in [-0.15, -0.1) is 0 Å². The molecule has 0 unspecified atom stereocenters. The molecular formula is C10H10N2O. The number of nitrogen functional groups attached to an aromatic ring is 1. The van der Waals surface area contributed by atoms with Gasteiger partial charge in [0.15, 0.2) is 0 Å². The van der Waals surface area contributed by atoms with Gasteiger partial charge in [0.25, 0.3) is 0 Å². The minimum atomic E-state index is 0.568. The van der Waals surface area contributed by atoms with Gasteiger partial charge >= 0.3 is 0 Å². The van der Waals surface area contributed by atoms with Gasteiger partial charge in [-0.05, 0) is 30.2 Å². The smallest absolute Gasteiger partial charge is 0.126 e. The van der Waals surface area contributed by atoms with Crippen LogP contribution in [0.15, 0.2) is 35.3 Å². The Morgan fingerprint density at radius 3 is 2.92 bits per heavy atom. The molecule has 0 spiro atoms. The zero-order valence-corrected chi connectivity index (χ0v) is 7.32. The van der Waals surface area contributed by atoms with Crippen LogP contribution in [0.3, 0.4) is 0 Å². The zero-order valence-electron chi connectivity index (χ0n) is 7.32. The van der Waals surface area contributed by atoms with Crippen LogP contribution in [0.2, 0.25) is 0 Å². The first-order chi connectivity index (χ1) is 6.29. The van der Waals surface area contributed by atoms with Crippen molar-refractivity contribution in [2.75, 3.05) is 5.73 Å². The second kappa shape index (κ2) is 2.94. The molecule has 0 fully saturated rings. The van der Waals surface area contributed by atoms with Crippen LogP contribution in [0.4, 0.5) is 5.82 Å². The molecule has 0 radical (unpaired) electrons. The van der Waals surface area contributed by atoms with E-state index in [0.29, 0.717) is 5.82 Å². The molecule has 2 N–H and O–H groups in total. The Kier molecular flexibility index (Phi) is 1.77. The van der Waals surface area contributed by atoms with Gasteiger partial charge in [-0.25, -0.2) is 4.98 Å². The van der Waals surface area contributed by atoms with Gasteiger partial charge in [0.2, 0.25) is 0 Å². The van der Waals surface area contributed by atoms with E-state index < -0.39 is 0 Å². The van der Waals surface area contributed by atoms with Crippen molar-refractivity contribution < 1.29 is 4.42 Å². The molecule has 0 amide bonds. The molecule has 0 bridgehead atoms. The molecule has 2 heterocycles. The third-order valence-corrected chi connectivity index (χ3v) is 2.08. The lowest BCUT2D eigenvalue weighted by Gasteiger charge is -2.03. The number of nitrogens with zero attached hydrogens (tertiary/aromatic N) is 1. The Bertz CT molecular complexity index is 407. The van der Waals surface area contributed by atoms with Crippen molar-refractivity contribution >= 4 is 5.82 Å². The predicted molar refractivity (Wildman–Crippen MR) is 51.1 cm³/mol. The highest BCUT2D eigenvalue weighted by Gasteiger charge is 2.05. The lowest BCUT2D eigenvalue weighted by molar-refractivity contribution is 0.568. The zero-order chi connectivity index (χ0) is 9.26. The van der Waals surface area contributed by atoms with Gasteiger partial charge in [-0.2, -0.15) is 0 Å². The van der Waals surface area contributed by atoms with Crippen LogP contribution in [-0.4, -0.2) is 4.98 Å². The molecule has 13 heavy (non-hydrogen) atoms. The molecule has 3 nitrogen and oxygen atoms in total. The Hall–Kier alpha value is -1.77. The highest BCUT2D eigenvalue weighted by atomic mass is 16.3. The maximum absolute atomic E-state index is 5.69. The van der Waals surface area contributed by atoms with Crippen LogP contribution < -0.4 is 5.73 Å². The monoisotopic (exact) mass is 174 g/mol. The normalized spacial score (nSPS) is 10.2. The molecule has 0 atom stereocenters. The number of aromatic nitrogens is 1. The van der Waals surface area contributed by atoms with Gasteiger partial charge in [0.05, 0.1) is 12.5 Å². The fourth-order valence-corrected chi connectivity index (χ4v) is 1.28. The highest BCUT2D eigenvalue weighted by Crippen LogP contribution is 2.25. The molecule has 2 rings (SSSR count). The number of pyridine rings is 1. The molecule has 3 heteroatoms. The van der Waals surface area contributed by atoms with Crippen molar-refractivity contribution in [2.24, 2.45) is 0 Å². The second-order valence-corrected chi connectivity index (χ2v) is 2.88. The topological polar surface area (TPSA) is 52.0 Å². The average Bonchev–Trinajstić information content (AvgIpc) is 2.62. The summed E-state index contributed by atoms with van der Waals surface area (Å²) >= 11 is 0. The van der Waals surface area contributed by atoms with E-state index in [1.807, 2.05) is 19.1 Å². The summed E-state index contributed by atoms with van der Waals surface area (Å²) in [5, 5.41) is 0. The van der Waals surface area contributed by atoms with Crippen molar-refractivity contribution in [1.29, 1.82) is 0 Å². The van der Waals surface area contributed by atoms with Crippen molar-refractivity contribution in [3.63, 3.8) is 0 Å². The van der Waals surface area contributed by atoms with Crippen LogP contribution in [0.25, 0.3) is 11.1 Å². The molecule has 0 aromatic carbocycles. The minimum Gasteiger partial charge on any atom is -0.472 e. The van der Waals surface area contributed by atoms with Crippen LogP contribution >= 0.6 is 0 Å². The lowest BCUT2D eigenvalue weighted by atomic mass is 10.1. The van der Waals surface area contributed by atoms with Gasteiger partial charge in [0, 0.05) is 11.8 Å². The molecule has 0 aliphatic carbocycles. The number of anilines is 1. The van der Waals surface area contributed by atoms with Crippen LogP contribution in [0.5, 0.6) is 0 Å². The van der Waals surface area contributed by atoms with E-state index >= 15 is 0 Å². The quantitative estimate of drug-likeness (QED) is 0.721. The van der Waals surface area contributed by atoms with Crippen molar-refractivity contribution in [1.82, 2.24) is 4.98 Å². The molecule has 2 aromatic heterocycles. The molecule has 0 saturated carbocycles. The second-order valence-electron chi connectivity index (χ2n) is 2.88. The molecule has 0 aliphatic rings. The summed E-state index contributed by atoms with van der Waals surface area (Å²) in [5.41, 5.74) is 8.78. The van der Waals surface area contributed by atoms with E-state index in [1.54, 1.807) is 18.7 Å². The van der Waals surface area contributed by atoms with E-state index in [-0.39, 0.29) is 0 Å². The summed E-state index contributed by atoms with van der Waals surface area (Å²) in [7, 11) is 0. The Balaban J connectivity index is 2.59. The van der Waals surface area contributed by atoms with E-state index in [0.717, 1.165) is 16.7 Å². The predicted octanol–water partition coefficient (Wildman–Crippen LogP) is 2.23. The molecule has 0 aliphatic heterocycles. The summed E-state index contributed by atoms with van der Waals surface area (Å²) in [5.74, 6) is 0.568. The van der Waals surface area contributed by atoms with Gasteiger partial charge in [0.1, 0.15) is 5.82 Å². The Morgan fingerprint density at radius 2 is 2.23 bits per heavy atom. The largest absolute Gasteiger partial charge is 0.472 e. The van der Waals surface area contributed by atoms with Crippen molar-refractivity contribution in [3.05, 3.63) is 36.4 Å². The summed E-state index contributed by atoms with van der Waals surface area (Å²) in [4.78, 5) is 4.00. The van der Waals surface area contributed by atoms with E-state index in [2.05, 4.69) is 4.98 Å². The third kappa shape index (κ3) is 1.28. The third-order valence-electron chi connectivity index (χ3n) is 2.08. The van der Waals surface area contributed by atoms with E-state index in [4.69, 9.17) is 10.2 Å². The summed E-state index contributed by atoms with van der Waals surface area (Å²) in [6, 6.07) is 3.83. The first-order valence-corrected chi connectivity index (χ1v) is 4.02. The molecule has 66 valence electrons.